The summed E-state index contributed by atoms with van der Waals surface area (Å²) in [4.78, 5) is 28.9. The van der Waals surface area contributed by atoms with Crippen molar-refractivity contribution in [2.75, 3.05) is 14.1 Å². The summed E-state index contributed by atoms with van der Waals surface area (Å²) in [5, 5.41) is 0. The fourth-order valence-electron chi connectivity index (χ4n) is 2.92. The number of likely N-dealkylation sites (tertiary alicyclic amines) is 1. The van der Waals surface area contributed by atoms with Crippen LogP contribution in [0.25, 0.3) is 6.08 Å². The number of amides is 1. The Morgan fingerprint density at radius 2 is 1.75 bits per heavy atom. The molecule has 1 atom stereocenters. The highest BCUT2D eigenvalue weighted by atomic mass is 16.2. The number of carbonyl (C=O) groups is 2. The van der Waals surface area contributed by atoms with Gasteiger partial charge in [0, 0.05) is 32.3 Å². The molecule has 1 heterocycles. The second-order valence-electron chi connectivity index (χ2n) is 7.32. The van der Waals surface area contributed by atoms with Gasteiger partial charge in [0.25, 0.3) is 5.91 Å². The Morgan fingerprint density at radius 1 is 1.12 bits per heavy atom. The first-order valence-electron chi connectivity index (χ1n) is 8.18. The van der Waals surface area contributed by atoms with Crippen LogP contribution in [0.5, 0.6) is 0 Å². The minimum Gasteiger partial charge on any atom is -0.383 e. The summed E-state index contributed by atoms with van der Waals surface area (Å²) in [6.07, 6.45) is 5.87. The normalized spacial score (nSPS) is 21.0. The fourth-order valence-corrected chi connectivity index (χ4v) is 2.92. The zero-order valence-corrected chi connectivity index (χ0v) is 15.1. The van der Waals surface area contributed by atoms with E-state index in [2.05, 4.69) is 0 Å². The SMILES string of the molecule is CN(C)C=C1C(=O)CC(C=Cc2ccccc2)N(C(C)(C)C)C1=O. The highest BCUT2D eigenvalue weighted by Crippen LogP contribution is 2.29. The van der Waals surface area contributed by atoms with Crippen molar-refractivity contribution < 1.29 is 9.59 Å². The number of Topliss-reactive ketones (excluding diaryl/α,β-unsaturated/α-hetero) is 1. The fraction of sp³-hybridized carbons (Fsp3) is 0.400. The van der Waals surface area contributed by atoms with Crippen LogP contribution in [0, 0.1) is 0 Å². The zero-order valence-electron chi connectivity index (χ0n) is 15.1. The van der Waals surface area contributed by atoms with Gasteiger partial charge in [0.05, 0.1) is 11.6 Å². The van der Waals surface area contributed by atoms with Crippen molar-refractivity contribution in [3.8, 4) is 0 Å². The average molecular weight is 326 g/mol. The summed E-state index contributed by atoms with van der Waals surface area (Å²) in [6.45, 7) is 5.99. The molecule has 0 N–H and O–H groups in total. The zero-order chi connectivity index (χ0) is 17.9. The lowest BCUT2D eigenvalue weighted by Gasteiger charge is -2.43. The van der Waals surface area contributed by atoms with Crippen molar-refractivity contribution in [1.82, 2.24) is 9.80 Å². The number of hydrogen-bond donors (Lipinski definition) is 0. The van der Waals surface area contributed by atoms with E-state index >= 15 is 0 Å². The molecule has 2 rings (SSSR count). The van der Waals surface area contributed by atoms with E-state index in [0.29, 0.717) is 6.42 Å². The molecule has 1 aromatic rings. The predicted molar refractivity (Wildman–Crippen MR) is 97.3 cm³/mol. The second kappa shape index (κ2) is 7.04. The number of piperidine rings is 1. The Morgan fingerprint density at radius 3 is 2.29 bits per heavy atom. The molecule has 1 unspecified atom stereocenters. The van der Waals surface area contributed by atoms with E-state index in [1.165, 1.54) is 0 Å². The Balaban J connectivity index is 2.35. The molecule has 128 valence electrons. The van der Waals surface area contributed by atoms with E-state index in [1.54, 1.807) is 11.1 Å². The molecule has 0 aliphatic carbocycles. The van der Waals surface area contributed by atoms with E-state index in [4.69, 9.17) is 0 Å². The summed E-state index contributed by atoms with van der Waals surface area (Å²) < 4.78 is 0. The van der Waals surface area contributed by atoms with Crippen LogP contribution in [-0.2, 0) is 9.59 Å². The first-order chi connectivity index (χ1) is 11.2. The second-order valence-corrected chi connectivity index (χ2v) is 7.32. The van der Waals surface area contributed by atoms with E-state index in [-0.39, 0.29) is 28.8 Å². The lowest BCUT2D eigenvalue weighted by molar-refractivity contribution is -0.140. The van der Waals surface area contributed by atoms with Gasteiger partial charge in [-0.2, -0.15) is 0 Å². The van der Waals surface area contributed by atoms with Gasteiger partial charge < -0.3 is 9.80 Å². The van der Waals surface area contributed by atoms with Gasteiger partial charge in [0.1, 0.15) is 0 Å². The molecule has 4 heteroatoms. The van der Waals surface area contributed by atoms with E-state index in [0.717, 1.165) is 5.56 Å². The molecular formula is C20H26N2O2. The molecule has 1 aromatic carbocycles. The summed E-state index contributed by atoms with van der Waals surface area (Å²) >= 11 is 0. The lowest BCUT2D eigenvalue weighted by atomic mass is 9.90. The van der Waals surface area contributed by atoms with Crippen molar-refractivity contribution in [2.45, 2.75) is 38.8 Å². The van der Waals surface area contributed by atoms with E-state index in [1.807, 2.05) is 82.3 Å². The minimum absolute atomic E-state index is 0.100. The minimum atomic E-state index is -0.366. The Bertz CT molecular complexity index is 667. The van der Waals surface area contributed by atoms with Crippen LogP contribution in [0.3, 0.4) is 0 Å². The topological polar surface area (TPSA) is 40.6 Å². The Labute approximate surface area is 144 Å². The molecule has 0 saturated carbocycles. The molecule has 1 fully saturated rings. The van der Waals surface area contributed by atoms with Crippen LogP contribution in [0.15, 0.2) is 48.2 Å². The molecule has 1 aliphatic rings. The molecule has 0 aromatic heterocycles. The quantitative estimate of drug-likeness (QED) is 0.633. The van der Waals surface area contributed by atoms with Gasteiger partial charge in [-0.05, 0) is 26.3 Å². The maximum Gasteiger partial charge on any atom is 0.259 e. The lowest BCUT2D eigenvalue weighted by Crippen LogP contribution is -2.56. The van der Waals surface area contributed by atoms with Crippen molar-refractivity contribution >= 4 is 17.8 Å². The molecule has 0 spiro atoms. The van der Waals surface area contributed by atoms with Gasteiger partial charge in [-0.3, -0.25) is 9.59 Å². The van der Waals surface area contributed by atoms with Crippen LogP contribution in [0.1, 0.15) is 32.8 Å². The number of benzene rings is 1. The molecule has 1 saturated heterocycles. The van der Waals surface area contributed by atoms with Crippen LogP contribution >= 0.6 is 0 Å². The molecular weight excluding hydrogens is 300 g/mol. The molecule has 24 heavy (non-hydrogen) atoms. The molecule has 4 nitrogen and oxygen atoms in total. The van der Waals surface area contributed by atoms with Gasteiger partial charge in [-0.15, -0.1) is 0 Å². The first-order valence-corrected chi connectivity index (χ1v) is 8.18. The van der Waals surface area contributed by atoms with Crippen LogP contribution in [0.4, 0.5) is 0 Å². The van der Waals surface area contributed by atoms with Crippen molar-refractivity contribution in [1.29, 1.82) is 0 Å². The highest BCUT2D eigenvalue weighted by Gasteiger charge is 2.41. The predicted octanol–water partition coefficient (Wildman–Crippen LogP) is 3.11. The maximum absolute atomic E-state index is 12.9. The smallest absolute Gasteiger partial charge is 0.259 e. The molecule has 0 bridgehead atoms. The van der Waals surface area contributed by atoms with Gasteiger partial charge in [0.15, 0.2) is 5.78 Å². The molecule has 1 aliphatic heterocycles. The van der Waals surface area contributed by atoms with E-state index in [9.17, 15) is 9.59 Å². The summed E-state index contributed by atoms with van der Waals surface area (Å²) in [6, 6.07) is 9.67. The summed E-state index contributed by atoms with van der Waals surface area (Å²) in [5.74, 6) is -0.299. The first kappa shape index (κ1) is 18.0. The van der Waals surface area contributed by atoms with Crippen LogP contribution < -0.4 is 0 Å². The number of carbonyl (C=O) groups excluding carboxylic acids is 2. The third-order valence-corrected chi connectivity index (χ3v) is 3.90. The summed E-state index contributed by atoms with van der Waals surface area (Å²) in [5.41, 5.74) is 0.953. The van der Waals surface area contributed by atoms with Gasteiger partial charge in [0.2, 0.25) is 0 Å². The number of nitrogens with zero attached hydrogens (tertiary/aromatic N) is 2. The monoisotopic (exact) mass is 326 g/mol. The largest absolute Gasteiger partial charge is 0.383 e. The van der Waals surface area contributed by atoms with E-state index < -0.39 is 0 Å². The van der Waals surface area contributed by atoms with Crippen LogP contribution in [-0.4, -0.2) is 47.2 Å². The van der Waals surface area contributed by atoms with Crippen molar-refractivity contribution in [2.24, 2.45) is 0 Å². The van der Waals surface area contributed by atoms with Crippen molar-refractivity contribution in [3.05, 3.63) is 53.7 Å². The van der Waals surface area contributed by atoms with Gasteiger partial charge in [-0.25, -0.2) is 0 Å². The Kier molecular flexibility index (Phi) is 5.27. The molecule has 1 amide bonds. The molecule has 0 radical (unpaired) electrons. The average Bonchev–Trinajstić information content (AvgIpc) is 2.48. The third kappa shape index (κ3) is 4.13. The van der Waals surface area contributed by atoms with Gasteiger partial charge >= 0.3 is 0 Å². The third-order valence-electron chi connectivity index (χ3n) is 3.90. The number of ketones is 1. The number of rotatable bonds is 3. The number of hydrogen-bond acceptors (Lipinski definition) is 3. The highest BCUT2D eigenvalue weighted by molar-refractivity contribution is 6.21. The summed E-state index contributed by atoms with van der Waals surface area (Å²) in [7, 11) is 3.63. The van der Waals surface area contributed by atoms with Gasteiger partial charge in [-0.1, -0.05) is 42.5 Å². The standard InChI is InChI=1S/C20H26N2O2/c1-20(2,3)22-16(12-11-15-9-7-6-8-10-15)13-18(23)17(19(22)24)14-21(4)5/h6-12,14,16H,13H2,1-5H3. The van der Waals surface area contributed by atoms with Crippen LogP contribution in [0.2, 0.25) is 0 Å². The maximum atomic E-state index is 12.9. The van der Waals surface area contributed by atoms with Crippen molar-refractivity contribution in [3.63, 3.8) is 0 Å². The Hall–Kier alpha value is -2.36.